The molecule has 5 heteroatoms. The average molecular weight is 240 g/mol. The Kier molecular flexibility index (Phi) is 4.36. The van der Waals surface area contributed by atoms with Crippen molar-refractivity contribution < 1.29 is 4.79 Å². The van der Waals surface area contributed by atoms with Gasteiger partial charge in [0.2, 0.25) is 5.91 Å². The topological polar surface area (TPSA) is 52.8 Å². The van der Waals surface area contributed by atoms with E-state index in [1.165, 1.54) is 0 Å². The molecule has 0 aromatic carbocycles. The summed E-state index contributed by atoms with van der Waals surface area (Å²) in [5.74, 6) is 0.279. The summed E-state index contributed by atoms with van der Waals surface area (Å²) in [5.41, 5.74) is 5.90. The molecule has 0 aromatic heterocycles. The van der Waals surface area contributed by atoms with Crippen molar-refractivity contribution in [3.05, 3.63) is 0 Å². The highest BCUT2D eigenvalue weighted by Gasteiger charge is 2.23. The molecule has 0 saturated carbocycles. The Morgan fingerprint density at radius 1 is 1.24 bits per heavy atom. The highest BCUT2D eigenvalue weighted by molar-refractivity contribution is 5.77. The molecule has 0 spiro atoms. The van der Waals surface area contributed by atoms with Gasteiger partial charge in [0, 0.05) is 58.3 Å². The zero-order valence-corrected chi connectivity index (χ0v) is 10.8. The number of rotatable bonds is 3. The monoisotopic (exact) mass is 240 g/mol. The number of nitrogens with two attached hydrogens (primary N) is 1. The third-order valence-electron chi connectivity index (χ3n) is 3.82. The lowest BCUT2D eigenvalue weighted by atomic mass is 10.1. The third-order valence-corrected chi connectivity index (χ3v) is 3.82. The Morgan fingerprint density at radius 2 is 1.94 bits per heavy atom. The number of nitrogens with zero attached hydrogens (tertiary/aromatic N) is 3. The molecule has 2 aliphatic rings. The van der Waals surface area contributed by atoms with E-state index in [2.05, 4.69) is 16.8 Å². The molecule has 1 amide bonds. The second kappa shape index (κ2) is 5.80. The van der Waals surface area contributed by atoms with Gasteiger partial charge in [-0.3, -0.25) is 9.69 Å². The lowest BCUT2D eigenvalue weighted by molar-refractivity contribution is -0.134. The van der Waals surface area contributed by atoms with Crippen LogP contribution >= 0.6 is 0 Å². The number of carbonyl (C=O) groups excluding carboxylic acids is 1. The number of carbonyl (C=O) groups is 1. The van der Waals surface area contributed by atoms with Crippen LogP contribution in [0.4, 0.5) is 0 Å². The summed E-state index contributed by atoms with van der Waals surface area (Å²) in [4.78, 5) is 18.4. The van der Waals surface area contributed by atoms with Crippen molar-refractivity contribution in [2.24, 2.45) is 5.73 Å². The molecule has 2 N–H and O–H groups in total. The van der Waals surface area contributed by atoms with Gasteiger partial charge >= 0.3 is 0 Å². The number of hydrogen-bond acceptors (Lipinski definition) is 4. The summed E-state index contributed by atoms with van der Waals surface area (Å²) in [6.45, 7) is 7.07. The molecule has 2 fully saturated rings. The van der Waals surface area contributed by atoms with Gasteiger partial charge in [-0.25, -0.2) is 0 Å². The van der Waals surface area contributed by atoms with Crippen LogP contribution in [-0.4, -0.2) is 79.5 Å². The van der Waals surface area contributed by atoms with Crippen molar-refractivity contribution >= 4 is 5.91 Å². The van der Waals surface area contributed by atoms with Crippen LogP contribution in [0.15, 0.2) is 0 Å². The van der Waals surface area contributed by atoms with Gasteiger partial charge in [-0.1, -0.05) is 0 Å². The first-order valence-electron chi connectivity index (χ1n) is 6.59. The van der Waals surface area contributed by atoms with Gasteiger partial charge < -0.3 is 15.5 Å². The van der Waals surface area contributed by atoms with E-state index in [4.69, 9.17) is 5.73 Å². The van der Waals surface area contributed by atoms with Crippen molar-refractivity contribution in [1.29, 1.82) is 0 Å². The van der Waals surface area contributed by atoms with Crippen molar-refractivity contribution in [1.82, 2.24) is 14.7 Å². The fourth-order valence-corrected chi connectivity index (χ4v) is 2.49. The molecule has 2 aliphatic heterocycles. The summed E-state index contributed by atoms with van der Waals surface area (Å²) < 4.78 is 0. The van der Waals surface area contributed by atoms with Crippen molar-refractivity contribution in [2.75, 3.05) is 52.9 Å². The highest BCUT2D eigenvalue weighted by Crippen LogP contribution is 2.10. The molecule has 5 nitrogen and oxygen atoms in total. The Balaban J connectivity index is 1.72. The summed E-state index contributed by atoms with van der Waals surface area (Å²) in [7, 11) is 2.16. The number of piperidine rings is 1. The number of likely N-dealkylation sites (N-methyl/N-ethyl adjacent to an activating group) is 1. The SMILES string of the molecule is CN1CCN(CCN2CC(N)CCC2=O)CC1. The lowest BCUT2D eigenvalue weighted by Gasteiger charge is -2.36. The quantitative estimate of drug-likeness (QED) is 0.700. The molecule has 98 valence electrons. The van der Waals surface area contributed by atoms with E-state index >= 15 is 0 Å². The Morgan fingerprint density at radius 3 is 2.65 bits per heavy atom. The molecule has 2 saturated heterocycles. The molecule has 2 heterocycles. The molecule has 2 rings (SSSR count). The van der Waals surface area contributed by atoms with Gasteiger partial charge in [0.25, 0.3) is 0 Å². The molecule has 0 aromatic rings. The molecule has 17 heavy (non-hydrogen) atoms. The first kappa shape index (κ1) is 12.8. The van der Waals surface area contributed by atoms with E-state index in [9.17, 15) is 4.79 Å². The standard InChI is InChI=1S/C12H24N4O/c1-14-4-6-15(7-5-14)8-9-16-10-11(13)2-3-12(16)17/h11H,2-10,13H2,1H3. The molecule has 0 aliphatic carbocycles. The number of piperazine rings is 1. The average Bonchev–Trinajstić information content (AvgIpc) is 2.32. The van der Waals surface area contributed by atoms with E-state index in [1.807, 2.05) is 4.90 Å². The zero-order chi connectivity index (χ0) is 12.3. The van der Waals surface area contributed by atoms with E-state index in [-0.39, 0.29) is 11.9 Å². The van der Waals surface area contributed by atoms with Crippen LogP contribution in [0.5, 0.6) is 0 Å². The van der Waals surface area contributed by atoms with Gasteiger partial charge in [-0.2, -0.15) is 0 Å². The van der Waals surface area contributed by atoms with Crippen molar-refractivity contribution in [2.45, 2.75) is 18.9 Å². The van der Waals surface area contributed by atoms with E-state index in [1.54, 1.807) is 0 Å². The second-order valence-corrected chi connectivity index (χ2v) is 5.28. The van der Waals surface area contributed by atoms with Gasteiger partial charge in [0.15, 0.2) is 0 Å². The first-order chi connectivity index (χ1) is 8.15. The maximum atomic E-state index is 11.7. The minimum atomic E-state index is 0.181. The third kappa shape index (κ3) is 3.66. The van der Waals surface area contributed by atoms with E-state index in [0.29, 0.717) is 6.42 Å². The summed E-state index contributed by atoms with van der Waals surface area (Å²) in [6.07, 6.45) is 1.48. The number of likely N-dealkylation sites (tertiary alicyclic amines) is 1. The normalized spacial score (nSPS) is 28.7. The predicted octanol–water partition coefficient (Wildman–Crippen LogP) is -0.816. The molecule has 1 unspecified atom stereocenters. The van der Waals surface area contributed by atoms with Gasteiger partial charge in [-0.15, -0.1) is 0 Å². The highest BCUT2D eigenvalue weighted by atomic mass is 16.2. The van der Waals surface area contributed by atoms with Crippen LogP contribution in [0, 0.1) is 0 Å². The Bertz CT molecular complexity index is 263. The van der Waals surface area contributed by atoms with E-state index < -0.39 is 0 Å². The second-order valence-electron chi connectivity index (χ2n) is 5.28. The van der Waals surface area contributed by atoms with Gasteiger partial charge in [-0.05, 0) is 13.5 Å². The van der Waals surface area contributed by atoms with Gasteiger partial charge in [0.05, 0.1) is 0 Å². The van der Waals surface area contributed by atoms with Crippen LogP contribution in [-0.2, 0) is 4.79 Å². The van der Waals surface area contributed by atoms with Gasteiger partial charge in [0.1, 0.15) is 0 Å². The lowest BCUT2D eigenvalue weighted by Crippen LogP contribution is -2.51. The molecular weight excluding hydrogens is 216 g/mol. The van der Waals surface area contributed by atoms with Crippen LogP contribution in [0.1, 0.15) is 12.8 Å². The Hall–Kier alpha value is -0.650. The molecule has 0 bridgehead atoms. The molecule has 1 atom stereocenters. The van der Waals surface area contributed by atoms with Crippen LogP contribution in [0.2, 0.25) is 0 Å². The largest absolute Gasteiger partial charge is 0.340 e. The van der Waals surface area contributed by atoms with Crippen molar-refractivity contribution in [3.63, 3.8) is 0 Å². The van der Waals surface area contributed by atoms with E-state index in [0.717, 1.165) is 52.2 Å². The predicted molar refractivity (Wildman–Crippen MR) is 67.7 cm³/mol. The molecular formula is C12H24N4O. The number of amides is 1. The zero-order valence-electron chi connectivity index (χ0n) is 10.8. The maximum Gasteiger partial charge on any atom is 0.222 e. The van der Waals surface area contributed by atoms with Crippen LogP contribution in [0.25, 0.3) is 0 Å². The summed E-state index contributed by atoms with van der Waals surface area (Å²) in [5, 5.41) is 0. The smallest absolute Gasteiger partial charge is 0.222 e. The minimum absolute atomic E-state index is 0.181. The Labute approximate surface area is 104 Å². The first-order valence-corrected chi connectivity index (χ1v) is 6.59. The summed E-state index contributed by atoms with van der Waals surface area (Å²) >= 11 is 0. The molecule has 0 radical (unpaired) electrons. The van der Waals surface area contributed by atoms with Crippen molar-refractivity contribution in [3.8, 4) is 0 Å². The van der Waals surface area contributed by atoms with Crippen LogP contribution in [0.3, 0.4) is 0 Å². The van der Waals surface area contributed by atoms with Crippen LogP contribution < -0.4 is 5.73 Å². The minimum Gasteiger partial charge on any atom is -0.340 e. The maximum absolute atomic E-state index is 11.7. The fraction of sp³-hybridized carbons (Fsp3) is 0.917. The summed E-state index contributed by atoms with van der Waals surface area (Å²) in [6, 6.07) is 0.181. The fourth-order valence-electron chi connectivity index (χ4n) is 2.49. The number of hydrogen-bond donors (Lipinski definition) is 1.